The molecule has 0 saturated carbocycles. The molecule has 1 aliphatic rings. The zero-order chi connectivity index (χ0) is 12.8. The molecule has 100 valence electrons. The van der Waals surface area contributed by atoms with Crippen LogP contribution in [0.25, 0.3) is 0 Å². The van der Waals surface area contributed by atoms with Crippen molar-refractivity contribution in [2.75, 3.05) is 26.3 Å². The van der Waals surface area contributed by atoms with E-state index in [2.05, 4.69) is 28.2 Å². The molecule has 1 saturated heterocycles. The fourth-order valence-electron chi connectivity index (χ4n) is 2.13. The van der Waals surface area contributed by atoms with Gasteiger partial charge in [0, 0.05) is 24.2 Å². The summed E-state index contributed by atoms with van der Waals surface area (Å²) >= 11 is 3.43. The Labute approximate surface area is 117 Å². The van der Waals surface area contributed by atoms with Crippen molar-refractivity contribution in [2.24, 2.45) is 5.92 Å². The highest BCUT2D eigenvalue weighted by molar-refractivity contribution is 9.10. The zero-order valence-corrected chi connectivity index (χ0v) is 12.3. The summed E-state index contributed by atoms with van der Waals surface area (Å²) in [5.74, 6) is 1.56. The second-order valence-electron chi connectivity index (χ2n) is 4.63. The number of hydrogen-bond acceptors (Lipinski definition) is 3. The highest BCUT2D eigenvalue weighted by Gasteiger charge is 2.23. The SMILES string of the molecule is CC1OCCC1CNCCOc1cccc(Br)c1. The minimum absolute atomic E-state index is 0.392. The van der Waals surface area contributed by atoms with E-state index in [1.165, 1.54) is 6.42 Å². The Kier molecular flexibility index (Phi) is 5.47. The fraction of sp³-hybridized carbons (Fsp3) is 0.571. The lowest BCUT2D eigenvalue weighted by atomic mass is 10.0. The van der Waals surface area contributed by atoms with Gasteiger partial charge in [0.1, 0.15) is 12.4 Å². The van der Waals surface area contributed by atoms with Crippen LogP contribution in [0.4, 0.5) is 0 Å². The Morgan fingerprint density at radius 3 is 3.11 bits per heavy atom. The number of halogens is 1. The van der Waals surface area contributed by atoms with Gasteiger partial charge in [-0.1, -0.05) is 22.0 Å². The molecule has 0 bridgehead atoms. The number of hydrogen-bond donors (Lipinski definition) is 1. The molecule has 1 aromatic carbocycles. The average Bonchev–Trinajstić information content (AvgIpc) is 2.75. The van der Waals surface area contributed by atoms with E-state index in [4.69, 9.17) is 9.47 Å². The smallest absolute Gasteiger partial charge is 0.120 e. The van der Waals surface area contributed by atoms with Crippen molar-refractivity contribution in [3.63, 3.8) is 0 Å². The Morgan fingerprint density at radius 2 is 2.39 bits per heavy atom. The molecule has 0 aliphatic carbocycles. The van der Waals surface area contributed by atoms with Crippen molar-refractivity contribution in [2.45, 2.75) is 19.4 Å². The highest BCUT2D eigenvalue weighted by Crippen LogP contribution is 2.19. The van der Waals surface area contributed by atoms with E-state index < -0.39 is 0 Å². The first-order valence-electron chi connectivity index (χ1n) is 6.46. The normalized spacial score (nSPS) is 23.2. The third kappa shape index (κ3) is 4.26. The van der Waals surface area contributed by atoms with Crippen molar-refractivity contribution < 1.29 is 9.47 Å². The van der Waals surface area contributed by atoms with Gasteiger partial charge in [0.05, 0.1) is 6.10 Å². The predicted octanol–water partition coefficient (Wildman–Crippen LogP) is 2.84. The summed E-state index contributed by atoms with van der Waals surface area (Å²) in [5, 5.41) is 3.43. The van der Waals surface area contributed by atoms with Crippen molar-refractivity contribution in [3.8, 4) is 5.75 Å². The number of rotatable bonds is 6. The van der Waals surface area contributed by atoms with Gasteiger partial charge in [0.25, 0.3) is 0 Å². The van der Waals surface area contributed by atoms with Crippen LogP contribution in [0.15, 0.2) is 28.7 Å². The number of nitrogens with one attached hydrogen (secondary N) is 1. The van der Waals surface area contributed by atoms with E-state index in [9.17, 15) is 0 Å². The molecular weight excluding hydrogens is 294 g/mol. The van der Waals surface area contributed by atoms with Crippen LogP contribution in [0.1, 0.15) is 13.3 Å². The number of benzene rings is 1. The largest absolute Gasteiger partial charge is 0.492 e. The topological polar surface area (TPSA) is 30.5 Å². The standard InChI is InChI=1S/C14H20BrNO2/c1-11-12(5-7-17-11)10-16-6-8-18-14-4-2-3-13(15)9-14/h2-4,9,11-12,16H,5-8,10H2,1H3. The van der Waals surface area contributed by atoms with Crippen LogP contribution >= 0.6 is 15.9 Å². The van der Waals surface area contributed by atoms with Crippen LogP contribution in [0.5, 0.6) is 5.75 Å². The Bertz CT molecular complexity index is 373. The summed E-state index contributed by atoms with van der Waals surface area (Å²) in [6.45, 7) is 5.64. The van der Waals surface area contributed by atoms with E-state index in [0.29, 0.717) is 18.6 Å². The molecule has 1 aromatic rings. The molecule has 0 aromatic heterocycles. The van der Waals surface area contributed by atoms with Crippen LogP contribution < -0.4 is 10.1 Å². The molecule has 1 N–H and O–H groups in total. The summed E-state index contributed by atoms with van der Waals surface area (Å²) in [6, 6.07) is 7.92. The number of ether oxygens (including phenoxy) is 2. The maximum atomic E-state index is 5.65. The molecule has 4 heteroatoms. The van der Waals surface area contributed by atoms with Gasteiger partial charge in [-0.2, -0.15) is 0 Å². The summed E-state index contributed by atoms with van der Waals surface area (Å²) in [7, 11) is 0. The molecule has 0 amide bonds. The molecule has 2 rings (SSSR count). The van der Waals surface area contributed by atoms with Gasteiger partial charge in [-0.3, -0.25) is 0 Å². The minimum Gasteiger partial charge on any atom is -0.492 e. The van der Waals surface area contributed by atoms with E-state index in [1.54, 1.807) is 0 Å². The summed E-state index contributed by atoms with van der Waals surface area (Å²) in [6.07, 6.45) is 1.56. The summed E-state index contributed by atoms with van der Waals surface area (Å²) < 4.78 is 12.2. The quantitative estimate of drug-likeness (QED) is 0.819. The third-order valence-electron chi connectivity index (χ3n) is 3.28. The van der Waals surface area contributed by atoms with Gasteiger partial charge in [0.15, 0.2) is 0 Å². The molecule has 3 nitrogen and oxygen atoms in total. The first kappa shape index (κ1) is 13.8. The molecule has 2 atom stereocenters. The predicted molar refractivity (Wildman–Crippen MR) is 76.0 cm³/mol. The first-order chi connectivity index (χ1) is 8.75. The Balaban J connectivity index is 1.59. The van der Waals surface area contributed by atoms with Gasteiger partial charge in [-0.05, 0) is 37.5 Å². The van der Waals surface area contributed by atoms with Crippen LogP contribution in [0, 0.1) is 5.92 Å². The lowest BCUT2D eigenvalue weighted by Gasteiger charge is -2.14. The second kappa shape index (κ2) is 7.12. The van der Waals surface area contributed by atoms with E-state index in [-0.39, 0.29) is 0 Å². The molecule has 1 fully saturated rings. The molecule has 0 radical (unpaired) electrons. The van der Waals surface area contributed by atoms with Crippen LogP contribution in [-0.2, 0) is 4.74 Å². The van der Waals surface area contributed by atoms with Crippen LogP contribution in [0.3, 0.4) is 0 Å². The van der Waals surface area contributed by atoms with Crippen LogP contribution in [0.2, 0.25) is 0 Å². The lowest BCUT2D eigenvalue weighted by molar-refractivity contribution is 0.105. The molecule has 0 spiro atoms. The van der Waals surface area contributed by atoms with Crippen molar-refractivity contribution >= 4 is 15.9 Å². The average molecular weight is 314 g/mol. The van der Waals surface area contributed by atoms with E-state index >= 15 is 0 Å². The maximum Gasteiger partial charge on any atom is 0.120 e. The Morgan fingerprint density at radius 1 is 1.50 bits per heavy atom. The second-order valence-corrected chi connectivity index (χ2v) is 5.55. The molecule has 2 unspecified atom stereocenters. The summed E-state index contributed by atoms with van der Waals surface area (Å²) in [4.78, 5) is 0. The molecule has 1 aliphatic heterocycles. The van der Waals surface area contributed by atoms with Crippen LogP contribution in [-0.4, -0.2) is 32.4 Å². The summed E-state index contributed by atoms with van der Waals surface area (Å²) in [5.41, 5.74) is 0. The maximum absolute atomic E-state index is 5.65. The van der Waals surface area contributed by atoms with Gasteiger partial charge in [0.2, 0.25) is 0 Å². The van der Waals surface area contributed by atoms with E-state index in [0.717, 1.165) is 29.9 Å². The fourth-order valence-corrected chi connectivity index (χ4v) is 2.51. The van der Waals surface area contributed by atoms with Crippen molar-refractivity contribution in [3.05, 3.63) is 28.7 Å². The van der Waals surface area contributed by atoms with Gasteiger partial charge < -0.3 is 14.8 Å². The monoisotopic (exact) mass is 313 g/mol. The van der Waals surface area contributed by atoms with Crippen molar-refractivity contribution in [1.29, 1.82) is 0 Å². The van der Waals surface area contributed by atoms with Crippen molar-refractivity contribution in [1.82, 2.24) is 5.32 Å². The molecule has 18 heavy (non-hydrogen) atoms. The third-order valence-corrected chi connectivity index (χ3v) is 3.78. The van der Waals surface area contributed by atoms with Gasteiger partial charge in [-0.15, -0.1) is 0 Å². The first-order valence-corrected chi connectivity index (χ1v) is 7.25. The Hall–Kier alpha value is -0.580. The van der Waals surface area contributed by atoms with E-state index in [1.807, 2.05) is 24.3 Å². The zero-order valence-electron chi connectivity index (χ0n) is 10.7. The lowest BCUT2D eigenvalue weighted by Crippen LogP contribution is -2.30. The minimum atomic E-state index is 0.392. The van der Waals surface area contributed by atoms with Gasteiger partial charge in [-0.25, -0.2) is 0 Å². The molecule has 1 heterocycles. The van der Waals surface area contributed by atoms with Gasteiger partial charge >= 0.3 is 0 Å². The molecular formula is C14H20BrNO2. The highest BCUT2D eigenvalue weighted by atomic mass is 79.9.